The second-order valence-electron chi connectivity index (χ2n) is 6.54. The molecule has 1 aliphatic rings. The first-order valence-electron chi connectivity index (χ1n) is 9.06. The Morgan fingerprint density at radius 2 is 1.93 bits per heavy atom. The Morgan fingerprint density at radius 1 is 1.14 bits per heavy atom. The van der Waals surface area contributed by atoms with Gasteiger partial charge in [-0.1, -0.05) is 6.07 Å². The van der Waals surface area contributed by atoms with Gasteiger partial charge in [0.15, 0.2) is 6.61 Å². The molecule has 0 aliphatic heterocycles. The summed E-state index contributed by atoms with van der Waals surface area (Å²) in [6.45, 7) is -0.121. The molecule has 0 amide bonds. The van der Waals surface area contributed by atoms with Gasteiger partial charge in [-0.25, -0.2) is 0 Å². The molecule has 0 saturated carbocycles. The first-order chi connectivity index (χ1) is 14.1. The molecule has 148 valence electrons. The van der Waals surface area contributed by atoms with Gasteiger partial charge in [0.2, 0.25) is 5.89 Å². The third-order valence-electron chi connectivity index (χ3n) is 4.58. The number of rotatable bonds is 7. The third-order valence-corrected chi connectivity index (χ3v) is 5.54. The van der Waals surface area contributed by atoms with Crippen molar-refractivity contribution in [2.24, 2.45) is 0 Å². The van der Waals surface area contributed by atoms with E-state index < -0.39 is 4.92 Å². The molecule has 4 rings (SSSR count). The summed E-state index contributed by atoms with van der Waals surface area (Å²) in [5.74, 6) is 0.195. The minimum Gasteiger partial charge on any atom is -0.455 e. The van der Waals surface area contributed by atoms with Gasteiger partial charge in [0.1, 0.15) is 0 Å². The molecule has 0 unspecified atom stereocenters. The highest BCUT2D eigenvalue weighted by Crippen LogP contribution is 2.27. The topological polar surface area (TPSA) is 108 Å². The summed E-state index contributed by atoms with van der Waals surface area (Å²) < 4.78 is 10.7. The molecule has 2 aromatic carbocycles. The Hall–Kier alpha value is -3.20. The van der Waals surface area contributed by atoms with Gasteiger partial charge in [-0.3, -0.25) is 14.9 Å². The monoisotopic (exact) mass is 411 g/mol. The summed E-state index contributed by atoms with van der Waals surface area (Å²) >= 11 is 1.44. The summed E-state index contributed by atoms with van der Waals surface area (Å²) in [5.41, 5.74) is 3.29. The Kier molecular flexibility index (Phi) is 5.57. The van der Waals surface area contributed by atoms with Crippen molar-refractivity contribution in [1.82, 2.24) is 10.2 Å². The minimum absolute atomic E-state index is 0.0247. The zero-order valence-electron chi connectivity index (χ0n) is 15.4. The van der Waals surface area contributed by atoms with E-state index in [4.69, 9.17) is 9.15 Å². The second kappa shape index (κ2) is 8.44. The molecule has 1 aliphatic carbocycles. The van der Waals surface area contributed by atoms with Crippen LogP contribution in [0.15, 0.2) is 51.8 Å². The van der Waals surface area contributed by atoms with Crippen LogP contribution in [-0.4, -0.2) is 26.8 Å². The van der Waals surface area contributed by atoms with Crippen molar-refractivity contribution in [2.45, 2.75) is 30.8 Å². The SMILES string of the molecule is O=C(CSc1ccc2c(c1)CCC2)OCc1nnc(-c2ccc([N+](=O)[O-])cc2)o1. The van der Waals surface area contributed by atoms with Crippen LogP contribution in [0, 0.1) is 10.1 Å². The highest BCUT2D eigenvalue weighted by molar-refractivity contribution is 8.00. The number of fused-ring (bicyclic) bond motifs is 1. The molecule has 9 heteroatoms. The van der Waals surface area contributed by atoms with Crippen LogP contribution in [-0.2, 0) is 29.0 Å². The van der Waals surface area contributed by atoms with Crippen molar-refractivity contribution in [2.75, 3.05) is 5.75 Å². The fourth-order valence-corrected chi connectivity index (χ4v) is 3.88. The Morgan fingerprint density at radius 3 is 2.72 bits per heavy atom. The summed E-state index contributed by atoms with van der Waals surface area (Å²) in [6, 6.07) is 12.1. The first-order valence-corrected chi connectivity index (χ1v) is 10.0. The molecule has 0 fully saturated rings. The molecule has 0 radical (unpaired) electrons. The molecule has 0 bridgehead atoms. The van der Waals surface area contributed by atoms with Crippen molar-refractivity contribution in [3.8, 4) is 11.5 Å². The van der Waals surface area contributed by atoms with Gasteiger partial charge in [-0.05, 0) is 54.7 Å². The quantitative estimate of drug-likeness (QED) is 0.249. The predicted molar refractivity (Wildman–Crippen MR) is 105 cm³/mol. The summed E-state index contributed by atoms with van der Waals surface area (Å²) in [6.07, 6.45) is 3.42. The molecule has 0 atom stereocenters. The molecule has 29 heavy (non-hydrogen) atoms. The number of thioether (sulfide) groups is 1. The lowest BCUT2D eigenvalue weighted by atomic mass is 10.1. The van der Waals surface area contributed by atoms with Crippen molar-refractivity contribution in [3.05, 3.63) is 69.6 Å². The predicted octanol–water partition coefficient (Wildman–Crippen LogP) is 3.97. The molecule has 0 N–H and O–H groups in total. The van der Waals surface area contributed by atoms with Gasteiger partial charge in [-0.2, -0.15) is 0 Å². The lowest BCUT2D eigenvalue weighted by Gasteiger charge is -2.05. The lowest BCUT2D eigenvalue weighted by molar-refractivity contribution is -0.384. The fraction of sp³-hybridized carbons (Fsp3) is 0.250. The molecule has 1 aromatic heterocycles. The smallest absolute Gasteiger partial charge is 0.316 e. The summed E-state index contributed by atoms with van der Waals surface area (Å²) in [4.78, 5) is 23.3. The Bertz CT molecular complexity index is 1050. The molecular formula is C20H17N3O5S. The normalized spacial score (nSPS) is 12.6. The number of esters is 1. The lowest BCUT2D eigenvalue weighted by Crippen LogP contribution is -2.07. The number of nitrogens with zero attached hydrogens (tertiary/aromatic N) is 3. The largest absolute Gasteiger partial charge is 0.455 e. The molecule has 8 nitrogen and oxygen atoms in total. The van der Waals surface area contributed by atoms with Crippen LogP contribution in [0.3, 0.4) is 0 Å². The average Bonchev–Trinajstić information content (AvgIpc) is 3.39. The summed E-state index contributed by atoms with van der Waals surface area (Å²) in [7, 11) is 0. The standard InChI is InChI=1S/C20H17N3O5S/c24-19(12-29-17-9-6-13-2-1-3-15(13)10-17)27-11-18-21-22-20(28-18)14-4-7-16(8-5-14)23(25)26/h4-10H,1-3,11-12H2. The number of hydrogen-bond donors (Lipinski definition) is 0. The zero-order chi connectivity index (χ0) is 20.2. The molecule has 1 heterocycles. The van der Waals surface area contributed by atoms with Gasteiger partial charge >= 0.3 is 5.97 Å². The second-order valence-corrected chi connectivity index (χ2v) is 7.59. The average molecular weight is 411 g/mol. The number of nitro benzene ring substituents is 1. The number of carbonyl (C=O) groups excluding carboxylic acids is 1. The van der Waals surface area contributed by atoms with Crippen molar-refractivity contribution < 1.29 is 18.9 Å². The van der Waals surface area contributed by atoms with Crippen LogP contribution in [0.25, 0.3) is 11.5 Å². The van der Waals surface area contributed by atoms with Crippen molar-refractivity contribution >= 4 is 23.4 Å². The number of benzene rings is 2. The first kappa shape index (κ1) is 19.1. The van der Waals surface area contributed by atoms with E-state index in [1.54, 1.807) is 0 Å². The highest BCUT2D eigenvalue weighted by Gasteiger charge is 2.14. The van der Waals surface area contributed by atoms with Crippen molar-refractivity contribution in [3.63, 3.8) is 0 Å². The number of ether oxygens (including phenoxy) is 1. The maximum absolute atomic E-state index is 12.0. The maximum atomic E-state index is 12.0. The fourth-order valence-electron chi connectivity index (χ4n) is 3.12. The van der Waals surface area contributed by atoms with E-state index >= 15 is 0 Å². The Balaban J connectivity index is 1.28. The zero-order valence-corrected chi connectivity index (χ0v) is 16.2. The molecule has 0 spiro atoms. The number of non-ortho nitro benzene ring substituents is 1. The number of aromatic nitrogens is 2. The van der Waals surface area contributed by atoms with E-state index in [-0.39, 0.29) is 35.8 Å². The highest BCUT2D eigenvalue weighted by atomic mass is 32.2. The van der Waals surface area contributed by atoms with E-state index in [9.17, 15) is 14.9 Å². The minimum atomic E-state index is -0.483. The van der Waals surface area contributed by atoms with Gasteiger partial charge < -0.3 is 9.15 Å². The van der Waals surface area contributed by atoms with E-state index in [2.05, 4.69) is 22.3 Å². The van der Waals surface area contributed by atoms with Crippen LogP contribution < -0.4 is 0 Å². The van der Waals surface area contributed by atoms with Gasteiger partial charge in [0.05, 0.1) is 10.7 Å². The number of nitro groups is 1. The third kappa shape index (κ3) is 4.62. The van der Waals surface area contributed by atoms with E-state index in [0.29, 0.717) is 5.56 Å². The summed E-state index contributed by atoms with van der Waals surface area (Å²) in [5, 5.41) is 18.4. The van der Waals surface area contributed by atoms with Gasteiger partial charge in [0, 0.05) is 22.6 Å². The van der Waals surface area contributed by atoms with Gasteiger partial charge in [-0.15, -0.1) is 22.0 Å². The molecular weight excluding hydrogens is 394 g/mol. The van der Waals surface area contributed by atoms with Crippen LogP contribution >= 0.6 is 11.8 Å². The number of aryl methyl sites for hydroxylation is 2. The van der Waals surface area contributed by atoms with Crippen molar-refractivity contribution in [1.29, 1.82) is 0 Å². The van der Waals surface area contributed by atoms with Gasteiger partial charge in [0.25, 0.3) is 11.6 Å². The van der Waals surface area contributed by atoms with E-state index in [1.807, 2.05) is 6.07 Å². The van der Waals surface area contributed by atoms with Crippen LogP contribution in [0.5, 0.6) is 0 Å². The van der Waals surface area contributed by atoms with Crippen LogP contribution in [0.4, 0.5) is 5.69 Å². The van der Waals surface area contributed by atoms with Crippen LogP contribution in [0.1, 0.15) is 23.4 Å². The maximum Gasteiger partial charge on any atom is 0.316 e. The van der Waals surface area contributed by atoms with E-state index in [1.165, 1.54) is 53.6 Å². The van der Waals surface area contributed by atoms with Crippen LogP contribution in [0.2, 0.25) is 0 Å². The van der Waals surface area contributed by atoms with E-state index in [0.717, 1.165) is 17.7 Å². The number of carbonyl (C=O) groups is 1. The number of hydrogen-bond acceptors (Lipinski definition) is 8. The molecule has 0 saturated heterocycles. The molecule has 3 aromatic rings. The Labute approximate surface area is 170 Å².